The summed E-state index contributed by atoms with van der Waals surface area (Å²) in [6.07, 6.45) is 6.39. The summed E-state index contributed by atoms with van der Waals surface area (Å²) in [6.45, 7) is 11.3. The predicted molar refractivity (Wildman–Crippen MR) is 341 cm³/mol. The summed E-state index contributed by atoms with van der Waals surface area (Å²) in [5, 5.41) is 15.0. The normalized spacial score (nSPS) is 13.7. The average molecular weight is 1350 g/mol. The van der Waals surface area contributed by atoms with Crippen LogP contribution in [-0.4, -0.2) is 119 Å². The van der Waals surface area contributed by atoms with Gasteiger partial charge in [0.1, 0.15) is 21.3 Å². The molecule has 2 aromatic heterocycles. The molecule has 10 rings (SSSR count). The van der Waals surface area contributed by atoms with Gasteiger partial charge in [0.25, 0.3) is 32.1 Å². The Morgan fingerprint density at radius 3 is 1.19 bits per heavy atom. The van der Waals surface area contributed by atoms with Crippen molar-refractivity contribution in [2.45, 2.75) is 88.9 Å². The first-order chi connectivity index (χ1) is 42.9. The fourth-order valence-corrected chi connectivity index (χ4v) is 12.2. The number of hydrogen-bond donors (Lipinski definition) is 4. The number of carbonyl (C=O) groups excluding carboxylic acids is 4. The lowest BCUT2D eigenvalue weighted by Crippen LogP contribution is -2.45. The van der Waals surface area contributed by atoms with Crippen LogP contribution < -0.4 is 20.3 Å². The van der Waals surface area contributed by atoms with Crippen molar-refractivity contribution in [2.24, 2.45) is 0 Å². The SMILES string of the molecule is CCCOC(=O)Oc1ccc(-c2c(C)c(C(=O)NN3CCCCC3)nn2-c2ccc(Cl)cc2Cl)cc1.CCCOC(=O)Oc1ccc(-c2c(C)c(C(=O)NN3CCCCC3)nn2-c2ccc(Cl)cc2Cl)cc1.O=S(=O)(O)c1cccc2c(S(=O)(=O)O)cccc12. The van der Waals surface area contributed by atoms with Crippen LogP contribution in [0, 0.1) is 13.8 Å². The monoisotopic (exact) mass is 1350 g/mol. The molecule has 2 aliphatic rings. The van der Waals surface area contributed by atoms with Crippen molar-refractivity contribution >= 4 is 102 Å². The molecule has 22 nitrogen and oxygen atoms in total. The maximum absolute atomic E-state index is 13.2. The number of nitrogens with one attached hydrogen (secondary N) is 2. The molecule has 2 aliphatic heterocycles. The maximum atomic E-state index is 13.2. The molecule has 2 fully saturated rings. The minimum atomic E-state index is -4.47. The number of carbonyl (C=O) groups is 4. The second-order valence-electron chi connectivity index (χ2n) is 20.6. The number of ether oxygens (including phenoxy) is 4. The van der Waals surface area contributed by atoms with Crippen molar-refractivity contribution in [3.05, 3.63) is 164 Å². The van der Waals surface area contributed by atoms with E-state index >= 15 is 0 Å². The van der Waals surface area contributed by atoms with E-state index < -0.39 is 42.3 Å². The van der Waals surface area contributed by atoms with Gasteiger partial charge < -0.3 is 18.9 Å². The molecule has 476 valence electrons. The van der Waals surface area contributed by atoms with Crippen LogP contribution in [0.15, 0.2) is 131 Å². The first-order valence-corrected chi connectivity index (χ1v) is 32.9. The number of benzene rings is 6. The highest BCUT2D eigenvalue weighted by atomic mass is 35.5. The van der Waals surface area contributed by atoms with Gasteiger partial charge in [0.05, 0.1) is 46.0 Å². The van der Waals surface area contributed by atoms with Crippen molar-refractivity contribution in [2.75, 3.05) is 39.4 Å². The fraction of sp³-hybridized carbons (Fsp3) is 0.290. The summed E-state index contributed by atoms with van der Waals surface area (Å²) in [5.74, 6) is 0.128. The standard InChI is InChI=1S/2C26H28Cl2N4O4.C10H8O6S2/c2*1-3-15-35-26(34)36-20-10-7-18(8-11-20)24-17(2)23(25(33)30-31-13-5-4-6-14-31)29-32(24)22-12-9-19(27)16-21(22)28;11-17(12,13)9-5-1-3-7-8(9)4-2-6-10(7)18(14,15)16/h2*7-12,16H,3-6,13-15H2,1-2H3,(H,30,33);1-6H,(H,11,12,13)(H,14,15,16). The highest BCUT2D eigenvalue weighted by Crippen LogP contribution is 2.36. The highest BCUT2D eigenvalue weighted by Gasteiger charge is 2.28. The topological polar surface area (TPSA) is 280 Å². The average Bonchev–Trinajstić information content (AvgIpc) is 1.59. The van der Waals surface area contributed by atoms with Gasteiger partial charge in [-0.1, -0.05) is 97.4 Å². The third kappa shape index (κ3) is 17.4. The van der Waals surface area contributed by atoms with Crippen molar-refractivity contribution < 1.29 is 64.1 Å². The Labute approximate surface area is 540 Å². The zero-order valence-electron chi connectivity index (χ0n) is 49.3. The van der Waals surface area contributed by atoms with E-state index in [2.05, 4.69) is 21.0 Å². The number of aromatic nitrogens is 4. The molecule has 0 saturated carbocycles. The fourth-order valence-electron chi connectivity index (χ4n) is 9.85. The molecule has 0 spiro atoms. The number of hydrogen-bond acceptors (Lipinski definition) is 16. The second-order valence-corrected chi connectivity index (χ2v) is 25.1. The zero-order valence-corrected chi connectivity index (χ0v) is 53.9. The van der Waals surface area contributed by atoms with Crippen LogP contribution >= 0.6 is 46.4 Å². The van der Waals surface area contributed by atoms with Crippen LogP contribution in [0.25, 0.3) is 44.7 Å². The third-order valence-corrected chi connectivity index (χ3v) is 17.0. The van der Waals surface area contributed by atoms with Gasteiger partial charge in [-0.15, -0.1) is 0 Å². The molecule has 2 amide bonds. The molecule has 4 N–H and O–H groups in total. The van der Waals surface area contributed by atoms with Gasteiger partial charge >= 0.3 is 12.3 Å². The van der Waals surface area contributed by atoms with Gasteiger partial charge in [0.15, 0.2) is 11.4 Å². The number of amides is 2. The van der Waals surface area contributed by atoms with E-state index in [9.17, 15) is 36.0 Å². The van der Waals surface area contributed by atoms with Crippen LogP contribution in [0.4, 0.5) is 9.59 Å². The van der Waals surface area contributed by atoms with Crippen LogP contribution in [0.1, 0.15) is 97.3 Å². The molecule has 0 unspecified atom stereocenters. The van der Waals surface area contributed by atoms with E-state index in [1.54, 1.807) is 94.3 Å². The Hall–Kier alpha value is -7.62. The number of fused-ring (bicyclic) bond motifs is 1. The van der Waals surface area contributed by atoms with E-state index in [0.717, 1.165) is 88.0 Å². The van der Waals surface area contributed by atoms with Crippen molar-refractivity contribution in [1.82, 2.24) is 40.4 Å². The summed E-state index contributed by atoms with van der Waals surface area (Å²) in [7, 11) is -8.94. The van der Waals surface area contributed by atoms with Gasteiger partial charge in [-0.2, -0.15) is 27.0 Å². The van der Waals surface area contributed by atoms with Gasteiger partial charge in [-0.3, -0.25) is 29.5 Å². The van der Waals surface area contributed by atoms with E-state index in [-0.39, 0.29) is 22.6 Å². The molecule has 0 bridgehead atoms. The minimum absolute atomic E-state index is 0.0233. The van der Waals surface area contributed by atoms with Gasteiger partial charge in [-0.25, -0.2) is 29.0 Å². The molecular formula is C62H64Cl4N8O14S2. The molecule has 28 heteroatoms. The van der Waals surface area contributed by atoms with Crippen LogP contribution in [0.5, 0.6) is 11.5 Å². The summed E-state index contributed by atoms with van der Waals surface area (Å²) >= 11 is 25.3. The van der Waals surface area contributed by atoms with Gasteiger partial charge in [0.2, 0.25) is 0 Å². The Morgan fingerprint density at radius 1 is 0.511 bits per heavy atom. The molecule has 0 aliphatic carbocycles. The van der Waals surface area contributed by atoms with Crippen LogP contribution in [-0.2, 0) is 29.7 Å². The zero-order chi connectivity index (χ0) is 64.9. The molecule has 6 aromatic carbocycles. The summed E-state index contributed by atoms with van der Waals surface area (Å²) in [6, 6.07) is 31.6. The quantitative estimate of drug-likeness (QED) is 0.0397. The van der Waals surface area contributed by atoms with E-state index in [4.69, 9.17) is 74.5 Å². The molecule has 2 saturated heterocycles. The summed E-state index contributed by atoms with van der Waals surface area (Å²) in [4.78, 5) is 49.2. The van der Waals surface area contributed by atoms with Crippen LogP contribution in [0.2, 0.25) is 20.1 Å². The van der Waals surface area contributed by atoms with Gasteiger partial charge in [-0.05, 0) is 149 Å². The third-order valence-electron chi connectivity index (χ3n) is 14.1. The van der Waals surface area contributed by atoms with Gasteiger partial charge in [0, 0.05) is 69.3 Å². The Morgan fingerprint density at radius 2 is 0.867 bits per heavy atom. The Kier molecular flexibility index (Phi) is 23.5. The largest absolute Gasteiger partial charge is 0.513 e. The highest BCUT2D eigenvalue weighted by molar-refractivity contribution is 7.86. The smallest absolute Gasteiger partial charge is 0.434 e. The lowest BCUT2D eigenvalue weighted by molar-refractivity contribution is 0.0736. The predicted octanol–water partition coefficient (Wildman–Crippen LogP) is 13.8. The molecule has 4 heterocycles. The number of rotatable bonds is 16. The molecule has 90 heavy (non-hydrogen) atoms. The molecule has 8 aromatic rings. The van der Waals surface area contributed by atoms with Crippen molar-refractivity contribution in [3.8, 4) is 45.4 Å². The van der Waals surface area contributed by atoms with Crippen molar-refractivity contribution in [1.29, 1.82) is 0 Å². The Balaban J connectivity index is 0.000000184. The lowest BCUT2D eigenvalue weighted by Gasteiger charge is -2.26. The Bertz CT molecular complexity index is 3880. The number of nitrogens with zero attached hydrogens (tertiary/aromatic N) is 6. The maximum Gasteiger partial charge on any atom is 0.513 e. The number of hydrazine groups is 2. The summed E-state index contributed by atoms with van der Waals surface area (Å²) < 4.78 is 86.4. The lowest BCUT2D eigenvalue weighted by atomic mass is 10.1. The minimum Gasteiger partial charge on any atom is -0.434 e. The number of halogens is 4. The van der Waals surface area contributed by atoms with E-state index in [0.29, 0.717) is 103 Å². The van der Waals surface area contributed by atoms with Crippen LogP contribution in [0.3, 0.4) is 0 Å². The van der Waals surface area contributed by atoms with E-state index in [1.807, 2.05) is 37.7 Å². The molecular weight excluding hydrogens is 1290 g/mol. The second kappa shape index (κ2) is 30.9. The molecule has 0 atom stereocenters. The van der Waals surface area contributed by atoms with E-state index in [1.165, 1.54) is 24.3 Å². The first-order valence-electron chi connectivity index (χ1n) is 28.5. The number of piperidine rings is 2. The molecule has 0 radical (unpaired) electrons. The van der Waals surface area contributed by atoms with Crippen molar-refractivity contribution in [3.63, 3.8) is 0 Å². The summed E-state index contributed by atoms with van der Waals surface area (Å²) in [5.41, 5.74) is 12.0. The first kappa shape index (κ1) is 68.3.